The van der Waals surface area contributed by atoms with Gasteiger partial charge in [0.05, 0.1) is 12.2 Å². The van der Waals surface area contributed by atoms with Crippen molar-refractivity contribution in [3.05, 3.63) is 42.5 Å². The summed E-state index contributed by atoms with van der Waals surface area (Å²) in [5.41, 5.74) is -0.186. The fourth-order valence-corrected chi connectivity index (χ4v) is 1.45. The van der Waals surface area contributed by atoms with Crippen LogP contribution in [-0.4, -0.2) is 41.5 Å². The van der Waals surface area contributed by atoms with Gasteiger partial charge < -0.3 is 9.64 Å². The predicted molar refractivity (Wildman–Crippen MR) is 66.9 cm³/mol. The van der Waals surface area contributed by atoms with Crippen LogP contribution in [-0.2, 0) is 9.53 Å². The van der Waals surface area contributed by atoms with Gasteiger partial charge in [0.25, 0.3) is 5.91 Å². The van der Waals surface area contributed by atoms with Crippen molar-refractivity contribution in [1.29, 1.82) is 0 Å². The van der Waals surface area contributed by atoms with Gasteiger partial charge >= 0.3 is 5.97 Å². The van der Waals surface area contributed by atoms with E-state index in [9.17, 15) is 14.0 Å². The number of nitrogens with zero attached hydrogens (tertiary/aromatic N) is 2. The summed E-state index contributed by atoms with van der Waals surface area (Å²) in [6.07, 6.45) is 2.70. The Morgan fingerprint density at radius 3 is 2.89 bits per heavy atom. The quantitative estimate of drug-likeness (QED) is 0.444. The van der Waals surface area contributed by atoms with Crippen LogP contribution in [0, 0.1) is 5.95 Å². The van der Waals surface area contributed by atoms with Crippen LogP contribution in [0.25, 0.3) is 0 Å². The van der Waals surface area contributed by atoms with Gasteiger partial charge in [-0.3, -0.25) is 9.59 Å². The lowest BCUT2D eigenvalue weighted by molar-refractivity contribution is -0.143. The number of rotatable bonds is 6. The van der Waals surface area contributed by atoms with Crippen molar-refractivity contribution >= 4 is 11.9 Å². The number of amides is 1. The normalized spacial score (nSPS) is 9.79. The molecule has 0 aliphatic rings. The number of hydrogen-bond acceptors (Lipinski definition) is 4. The molecule has 0 aliphatic carbocycles. The van der Waals surface area contributed by atoms with Crippen molar-refractivity contribution in [2.45, 2.75) is 6.92 Å². The first-order valence-corrected chi connectivity index (χ1v) is 5.76. The first-order valence-electron chi connectivity index (χ1n) is 5.76. The van der Waals surface area contributed by atoms with E-state index in [2.05, 4.69) is 11.6 Å². The number of pyridine rings is 1. The molecule has 1 amide bonds. The summed E-state index contributed by atoms with van der Waals surface area (Å²) >= 11 is 0. The van der Waals surface area contributed by atoms with Crippen LogP contribution in [0.3, 0.4) is 0 Å². The minimum absolute atomic E-state index is 0.117. The number of esters is 1. The second-order valence-corrected chi connectivity index (χ2v) is 3.62. The van der Waals surface area contributed by atoms with Crippen LogP contribution in [0.5, 0.6) is 0 Å². The molecular weight excluding hydrogens is 251 g/mol. The van der Waals surface area contributed by atoms with Crippen LogP contribution in [0.15, 0.2) is 31.0 Å². The first kappa shape index (κ1) is 14.8. The van der Waals surface area contributed by atoms with Crippen molar-refractivity contribution in [3.63, 3.8) is 0 Å². The van der Waals surface area contributed by atoms with Gasteiger partial charge in [-0.1, -0.05) is 6.08 Å². The monoisotopic (exact) mass is 266 g/mol. The van der Waals surface area contributed by atoms with Gasteiger partial charge in [-0.2, -0.15) is 4.39 Å². The fourth-order valence-electron chi connectivity index (χ4n) is 1.45. The molecule has 102 valence electrons. The first-order chi connectivity index (χ1) is 9.10. The second-order valence-electron chi connectivity index (χ2n) is 3.62. The fraction of sp³-hybridized carbons (Fsp3) is 0.308. The van der Waals surface area contributed by atoms with E-state index in [0.29, 0.717) is 0 Å². The highest BCUT2D eigenvalue weighted by Gasteiger charge is 2.21. The maximum atomic E-state index is 13.4. The Morgan fingerprint density at radius 2 is 2.32 bits per heavy atom. The maximum absolute atomic E-state index is 13.4. The van der Waals surface area contributed by atoms with Crippen LogP contribution in [0.4, 0.5) is 4.39 Å². The molecule has 0 fully saturated rings. The van der Waals surface area contributed by atoms with Gasteiger partial charge in [-0.05, 0) is 19.1 Å². The number of hydrogen-bond donors (Lipinski definition) is 0. The lowest BCUT2D eigenvalue weighted by Gasteiger charge is -2.20. The number of carbonyl (C=O) groups excluding carboxylic acids is 2. The van der Waals surface area contributed by atoms with Crippen LogP contribution >= 0.6 is 0 Å². The molecule has 5 nitrogen and oxygen atoms in total. The molecule has 1 aromatic rings. The largest absolute Gasteiger partial charge is 0.465 e. The third-order valence-corrected chi connectivity index (χ3v) is 2.25. The Kier molecular flexibility index (Phi) is 5.66. The molecule has 0 unspecified atom stereocenters. The Balaban J connectivity index is 2.87. The van der Waals surface area contributed by atoms with Crippen molar-refractivity contribution < 1.29 is 18.7 Å². The van der Waals surface area contributed by atoms with E-state index in [1.807, 2.05) is 0 Å². The van der Waals surface area contributed by atoms with E-state index >= 15 is 0 Å². The Bertz CT molecular complexity index is 477. The summed E-state index contributed by atoms with van der Waals surface area (Å²) in [5.74, 6) is -2.05. The molecular formula is C13H15FN2O3. The van der Waals surface area contributed by atoms with Crippen LogP contribution < -0.4 is 0 Å². The molecule has 6 heteroatoms. The molecule has 0 aromatic carbocycles. The van der Waals surface area contributed by atoms with Gasteiger partial charge in [0.2, 0.25) is 5.95 Å². The van der Waals surface area contributed by atoms with E-state index in [1.165, 1.54) is 24.4 Å². The minimum Gasteiger partial charge on any atom is -0.465 e. The topological polar surface area (TPSA) is 59.5 Å². The summed E-state index contributed by atoms with van der Waals surface area (Å²) in [6, 6.07) is 2.76. The zero-order valence-corrected chi connectivity index (χ0v) is 10.6. The standard InChI is InChI=1S/C13H15FN2O3/c1-3-8-16(9-11(17)19-4-2)13(18)10-6-5-7-15-12(10)14/h3,5-7H,1,4,8-9H2,2H3. The Morgan fingerprint density at radius 1 is 1.58 bits per heavy atom. The second kappa shape index (κ2) is 7.25. The van der Waals surface area contributed by atoms with Gasteiger partial charge in [0.1, 0.15) is 6.54 Å². The predicted octanol–water partition coefficient (Wildman–Crippen LogP) is 1.41. The van der Waals surface area contributed by atoms with Gasteiger partial charge in [0, 0.05) is 12.7 Å². The summed E-state index contributed by atoms with van der Waals surface area (Å²) in [4.78, 5) is 28.0. The molecule has 0 N–H and O–H groups in total. The SMILES string of the molecule is C=CCN(CC(=O)OCC)C(=O)c1cccnc1F. The average molecular weight is 266 g/mol. The average Bonchev–Trinajstić information content (AvgIpc) is 2.38. The third-order valence-electron chi connectivity index (χ3n) is 2.25. The molecule has 0 aliphatic heterocycles. The maximum Gasteiger partial charge on any atom is 0.325 e. The molecule has 19 heavy (non-hydrogen) atoms. The lowest BCUT2D eigenvalue weighted by Crippen LogP contribution is -2.37. The van der Waals surface area contributed by atoms with Gasteiger partial charge in [-0.25, -0.2) is 4.98 Å². The number of halogens is 1. The molecule has 0 bridgehead atoms. The van der Waals surface area contributed by atoms with Crippen molar-refractivity contribution in [2.75, 3.05) is 19.7 Å². The molecule has 0 saturated heterocycles. The van der Waals surface area contributed by atoms with Crippen molar-refractivity contribution in [3.8, 4) is 0 Å². The third kappa shape index (κ3) is 4.17. The van der Waals surface area contributed by atoms with Crippen molar-refractivity contribution in [1.82, 2.24) is 9.88 Å². The van der Waals surface area contributed by atoms with Crippen LogP contribution in [0.2, 0.25) is 0 Å². The van der Waals surface area contributed by atoms with Crippen LogP contribution in [0.1, 0.15) is 17.3 Å². The highest BCUT2D eigenvalue weighted by molar-refractivity contribution is 5.96. The minimum atomic E-state index is -0.870. The Hall–Kier alpha value is -2.24. The molecule has 0 radical (unpaired) electrons. The van der Waals surface area contributed by atoms with E-state index in [-0.39, 0.29) is 25.3 Å². The summed E-state index contributed by atoms with van der Waals surface area (Å²) < 4.78 is 18.2. The molecule has 0 atom stereocenters. The Labute approximate surface area is 110 Å². The highest BCUT2D eigenvalue weighted by atomic mass is 19.1. The summed E-state index contributed by atoms with van der Waals surface area (Å²) in [6.45, 7) is 5.24. The molecule has 0 saturated carbocycles. The lowest BCUT2D eigenvalue weighted by atomic mass is 10.2. The van der Waals surface area contributed by atoms with Gasteiger partial charge in [0.15, 0.2) is 0 Å². The van der Waals surface area contributed by atoms with E-state index in [0.717, 1.165) is 4.90 Å². The zero-order chi connectivity index (χ0) is 14.3. The van der Waals surface area contributed by atoms with E-state index in [1.54, 1.807) is 6.92 Å². The number of carbonyl (C=O) groups is 2. The smallest absolute Gasteiger partial charge is 0.325 e. The molecule has 0 spiro atoms. The van der Waals surface area contributed by atoms with Crippen molar-refractivity contribution in [2.24, 2.45) is 0 Å². The number of aromatic nitrogens is 1. The number of ether oxygens (including phenoxy) is 1. The zero-order valence-electron chi connectivity index (χ0n) is 10.6. The van der Waals surface area contributed by atoms with E-state index in [4.69, 9.17) is 4.74 Å². The van der Waals surface area contributed by atoms with Gasteiger partial charge in [-0.15, -0.1) is 6.58 Å². The summed E-state index contributed by atoms with van der Waals surface area (Å²) in [5, 5.41) is 0. The highest BCUT2D eigenvalue weighted by Crippen LogP contribution is 2.08. The molecule has 1 heterocycles. The van der Waals surface area contributed by atoms with E-state index < -0.39 is 17.8 Å². The molecule has 1 rings (SSSR count). The summed E-state index contributed by atoms with van der Waals surface area (Å²) in [7, 11) is 0. The molecule has 1 aromatic heterocycles.